The maximum atomic E-state index is 9.97. The van der Waals surface area contributed by atoms with Gasteiger partial charge in [-0.15, -0.1) is 11.8 Å². The van der Waals surface area contributed by atoms with Crippen molar-refractivity contribution < 1.29 is 5.11 Å². The van der Waals surface area contributed by atoms with Gasteiger partial charge in [0.1, 0.15) is 0 Å². The van der Waals surface area contributed by atoms with E-state index in [4.69, 9.17) is 0 Å². The highest BCUT2D eigenvalue weighted by Gasteiger charge is 2.16. The lowest BCUT2D eigenvalue weighted by molar-refractivity contribution is 0.167. The molecule has 3 N–H and O–H groups in total. The lowest BCUT2D eigenvalue weighted by Crippen LogP contribution is -2.49. The third-order valence-corrected chi connectivity index (χ3v) is 4.02. The van der Waals surface area contributed by atoms with Gasteiger partial charge in [0.05, 0.1) is 6.10 Å². The van der Waals surface area contributed by atoms with Crippen LogP contribution in [0, 0.1) is 0 Å². The summed E-state index contributed by atoms with van der Waals surface area (Å²) in [6, 6.07) is 10.6. The van der Waals surface area contributed by atoms with Crippen LogP contribution in [0.4, 0.5) is 0 Å². The van der Waals surface area contributed by atoms with E-state index in [0.29, 0.717) is 6.04 Å². The number of rotatable bonds is 5. The lowest BCUT2D eigenvalue weighted by atomic mass is 10.1. The van der Waals surface area contributed by atoms with Crippen LogP contribution >= 0.6 is 11.8 Å². The van der Waals surface area contributed by atoms with Crippen LogP contribution in [0.5, 0.6) is 0 Å². The van der Waals surface area contributed by atoms with Gasteiger partial charge in [-0.05, 0) is 18.6 Å². The van der Waals surface area contributed by atoms with Crippen molar-refractivity contribution in [1.29, 1.82) is 0 Å². The van der Waals surface area contributed by atoms with E-state index in [1.807, 2.05) is 18.2 Å². The number of nitrogens with one attached hydrogen (secondary N) is 2. The number of aliphatic hydroxyl groups excluding tert-OH is 1. The molecule has 0 amide bonds. The number of piperazine rings is 1. The molecule has 2 rings (SSSR count). The fourth-order valence-electron chi connectivity index (χ4n) is 1.99. The minimum Gasteiger partial charge on any atom is -0.392 e. The Morgan fingerprint density at radius 2 is 2.12 bits per heavy atom. The number of aliphatic hydroxyl groups is 1. The van der Waals surface area contributed by atoms with Crippen LogP contribution in [0.1, 0.15) is 6.42 Å². The van der Waals surface area contributed by atoms with E-state index < -0.39 is 0 Å². The molecule has 0 aliphatic carbocycles. The molecule has 17 heavy (non-hydrogen) atoms. The van der Waals surface area contributed by atoms with Crippen molar-refractivity contribution >= 4 is 11.8 Å². The molecule has 1 aromatic rings. The topological polar surface area (TPSA) is 44.3 Å². The predicted molar refractivity (Wildman–Crippen MR) is 72.5 cm³/mol. The number of hydrogen-bond donors (Lipinski definition) is 3. The van der Waals surface area contributed by atoms with Crippen LogP contribution in [0.15, 0.2) is 35.2 Å². The van der Waals surface area contributed by atoms with Crippen molar-refractivity contribution in [2.45, 2.75) is 23.5 Å². The molecule has 3 nitrogen and oxygen atoms in total. The van der Waals surface area contributed by atoms with E-state index in [2.05, 4.69) is 22.8 Å². The number of benzene rings is 1. The second-order valence-corrected chi connectivity index (χ2v) is 5.46. The zero-order valence-corrected chi connectivity index (χ0v) is 10.7. The summed E-state index contributed by atoms with van der Waals surface area (Å²) in [5.74, 6) is 0.766. The van der Waals surface area contributed by atoms with Gasteiger partial charge < -0.3 is 15.7 Å². The molecule has 0 aromatic heterocycles. The summed E-state index contributed by atoms with van der Waals surface area (Å²) in [4.78, 5) is 1.22. The van der Waals surface area contributed by atoms with Gasteiger partial charge in [0, 0.05) is 36.3 Å². The zero-order valence-electron chi connectivity index (χ0n) is 9.93. The Bertz CT molecular complexity index is 314. The van der Waals surface area contributed by atoms with Crippen molar-refractivity contribution in [2.75, 3.05) is 25.4 Å². The third kappa shape index (κ3) is 4.68. The van der Waals surface area contributed by atoms with Gasteiger partial charge in [0.15, 0.2) is 0 Å². The fourth-order valence-corrected chi connectivity index (χ4v) is 2.86. The van der Waals surface area contributed by atoms with E-state index in [1.165, 1.54) is 4.90 Å². The molecule has 4 heteroatoms. The summed E-state index contributed by atoms with van der Waals surface area (Å²) in [5, 5.41) is 16.7. The third-order valence-electron chi connectivity index (χ3n) is 2.87. The molecule has 1 aliphatic heterocycles. The summed E-state index contributed by atoms with van der Waals surface area (Å²) in [6.07, 6.45) is 0.588. The van der Waals surface area contributed by atoms with Gasteiger partial charge in [-0.25, -0.2) is 0 Å². The summed E-state index contributed by atoms with van der Waals surface area (Å²) in [6.45, 7) is 3.00. The van der Waals surface area contributed by atoms with E-state index in [9.17, 15) is 5.11 Å². The highest BCUT2D eigenvalue weighted by atomic mass is 32.2. The zero-order chi connectivity index (χ0) is 11.9. The van der Waals surface area contributed by atoms with E-state index in [-0.39, 0.29) is 6.10 Å². The van der Waals surface area contributed by atoms with Crippen LogP contribution < -0.4 is 10.6 Å². The molecule has 0 saturated carbocycles. The Morgan fingerprint density at radius 3 is 2.82 bits per heavy atom. The normalized spacial score (nSPS) is 22.3. The Morgan fingerprint density at radius 1 is 1.29 bits per heavy atom. The van der Waals surface area contributed by atoms with Crippen molar-refractivity contribution in [2.24, 2.45) is 0 Å². The molecule has 0 bridgehead atoms. The summed E-state index contributed by atoms with van der Waals surface area (Å²) in [7, 11) is 0. The van der Waals surface area contributed by atoms with Gasteiger partial charge >= 0.3 is 0 Å². The molecular formula is C13H20N2OS. The Kier molecular flexibility index (Phi) is 5.32. The Balaban J connectivity index is 1.68. The van der Waals surface area contributed by atoms with E-state index in [1.54, 1.807) is 11.8 Å². The molecule has 1 fully saturated rings. The van der Waals surface area contributed by atoms with Gasteiger partial charge in [0.2, 0.25) is 0 Å². The molecular weight excluding hydrogens is 232 g/mol. The predicted octanol–water partition coefficient (Wildman–Crippen LogP) is 1.09. The largest absolute Gasteiger partial charge is 0.392 e. The van der Waals surface area contributed by atoms with E-state index in [0.717, 1.165) is 31.8 Å². The average molecular weight is 252 g/mol. The van der Waals surface area contributed by atoms with Crippen molar-refractivity contribution in [3.05, 3.63) is 30.3 Å². The highest BCUT2D eigenvalue weighted by molar-refractivity contribution is 7.99. The van der Waals surface area contributed by atoms with E-state index >= 15 is 0 Å². The van der Waals surface area contributed by atoms with Gasteiger partial charge in [-0.3, -0.25) is 0 Å². The quantitative estimate of drug-likeness (QED) is 0.687. The summed E-state index contributed by atoms with van der Waals surface area (Å²) in [5.41, 5.74) is 0. The van der Waals surface area contributed by atoms with Crippen molar-refractivity contribution in [3.8, 4) is 0 Å². The fraction of sp³-hybridized carbons (Fsp3) is 0.538. The van der Waals surface area contributed by atoms with Gasteiger partial charge in [0.25, 0.3) is 0 Å². The van der Waals surface area contributed by atoms with Crippen LogP contribution in [-0.4, -0.2) is 42.6 Å². The standard InChI is InChI=1S/C13H20N2OS/c16-12(8-11-9-14-6-7-15-11)10-17-13-4-2-1-3-5-13/h1-5,11-12,14-16H,6-10H2. The smallest absolute Gasteiger partial charge is 0.0649 e. The molecule has 94 valence electrons. The number of thioether (sulfide) groups is 1. The molecule has 0 spiro atoms. The summed E-state index contributed by atoms with van der Waals surface area (Å²) < 4.78 is 0. The van der Waals surface area contributed by atoms with Crippen molar-refractivity contribution in [3.63, 3.8) is 0 Å². The summed E-state index contributed by atoms with van der Waals surface area (Å²) >= 11 is 1.72. The minimum absolute atomic E-state index is 0.238. The first-order valence-electron chi connectivity index (χ1n) is 6.14. The molecule has 2 unspecified atom stereocenters. The maximum absolute atomic E-state index is 9.97. The lowest BCUT2D eigenvalue weighted by Gasteiger charge is -2.26. The van der Waals surface area contributed by atoms with Crippen LogP contribution in [0.2, 0.25) is 0 Å². The first-order chi connectivity index (χ1) is 8.34. The maximum Gasteiger partial charge on any atom is 0.0649 e. The molecule has 2 atom stereocenters. The van der Waals surface area contributed by atoms with Crippen LogP contribution in [-0.2, 0) is 0 Å². The van der Waals surface area contributed by atoms with Crippen molar-refractivity contribution in [1.82, 2.24) is 10.6 Å². The second kappa shape index (κ2) is 7.01. The molecule has 1 heterocycles. The SMILES string of the molecule is OC(CSc1ccccc1)CC1CNCCN1. The Labute approximate surface area is 107 Å². The minimum atomic E-state index is -0.238. The molecule has 1 saturated heterocycles. The van der Waals surface area contributed by atoms with Gasteiger partial charge in [-0.1, -0.05) is 18.2 Å². The molecule has 0 radical (unpaired) electrons. The first-order valence-corrected chi connectivity index (χ1v) is 7.13. The highest BCUT2D eigenvalue weighted by Crippen LogP contribution is 2.19. The Hall–Kier alpha value is -0.550. The first kappa shape index (κ1) is 12.9. The van der Waals surface area contributed by atoms with Crippen LogP contribution in [0.25, 0.3) is 0 Å². The molecule has 1 aromatic carbocycles. The van der Waals surface area contributed by atoms with Gasteiger partial charge in [-0.2, -0.15) is 0 Å². The monoisotopic (exact) mass is 252 g/mol. The van der Waals surface area contributed by atoms with Crippen LogP contribution in [0.3, 0.4) is 0 Å². The average Bonchev–Trinajstić information content (AvgIpc) is 2.39. The number of hydrogen-bond acceptors (Lipinski definition) is 4. The molecule has 1 aliphatic rings. The second-order valence-electron chi connectivity index (χ2n) is 4.37.